The smallest absolute Gasteiger partial charge is 0.228 e. The molecule has 104 valence electrons. The van der Waals surface area contributed by atoms with Crippen molar-refractivity contribution in [2.45, 2.75) is 26.2 Å². The number of carbonyl (C=O) groups excluding carboxylic acids is 1. The van der Waals surface area contributed by atoms with Crippen molar-refractivity contribution < 1.29 is 14.3 Å². The quantitative estimate of drug-likeness (QED) is 0.583. The van der Waals surface area contributed by atoms with Crippen LogP contribution >= 0.6 is 0 Å². The van der Waals surface area contributed by atoms with Crippen molar-refractivity contribution in [3.63, 3.8) is 0 Å². The van der Waals surface area contributed by atoms with Crippen LogP contribution in [0.15, 0.2) is 12.1 Å². The van der Waals surface area contributed by atoms with Gasteiger partial charge in [-0.05, 0) is 18.1 Å². The maximum Gasteiger partial charge on any atom is 0.228 e. The Balaban J connectivity index is 1.84. The zero-order valence-electron chi connectivity index (χ0n) is 11.2. The summed E-state index contributed by atoms with van der Waals surface area (Å²) in [6, 6.07) is 3.57. The molecular weight excluding hydrogens is 244 g/mol. The first-order chi connectivity index (χ1) is 9.20. The van der Waals surface area contributed by atoms with E-state index in [0.29, 0.717) is 31.1 Å². The molecule has 0 fully saturated rings. The average molecular weight is 264 g/mol. The first-order valence-electron chi connectivity index (χ1n) is 6.63. The zero-order chi connectivity index (χ0) is 13.7. The molecular formula is C14H20N2O3. The summed E-state index contributed by atoms with van der Waals surface area (Å²) in [5, 5.41) is 2.78. The predicted molar refractivity (Wildman–Crippen MR) is 74.4 cm³/mol. The standard InChI is InChI=1S/C14H20N2O3/c1-2-3-4-18-5-6-19-13-9-12-10(7-11(13)15)8-14(17)16-12/h7,9H,2-6,8,15H2,1H3,(H,16,17). The van der Waals surface area contributed by atoms with Crippen LogP contribution in [0, 0.1) is 0 Å². The summed E-state index contributed by atoms with van der Waals surface area (Å²) in [5.74, 6) is 0.592. The number of rotatable bonds is 7. The number of nitrogen functional groups attached to an aromatic ring is 1. The monoisotopic (exact) mass is 264 g/mol. The van der Waals surface area contributed by atoms with Crippen molar-refractivity contribution in [1.82, 2.24) is 0 Å². The lowest BCUT2D eigenvalue weighted by Crippen LogP contribution is -2.08. The van der Waals surface area contributed by atoms with Gasteiger partial charge in [-0.2, -0.15) is 0 Å². The largest absolute Gasteiger partial charge is 0.489 e. The molecule has 5 nitrogen and oxygen atoms in total. The summed E-state index contributed by atoms with van der Waals surface area (Å²) >= 11 is 0. The minimum atomic E-state index is -0.00514. The predicted octanol–water partition coefficient (Wildman–Crippen LogP) is 1.96. The molecule has 1 aliphatic rings. The van der Waals surface area contributed by atoms with Gasteiger partial charge < -0.3 is 20.5 Å². The number of fused-ring (bicyclic) bond motifs is 1. The van der Waals surface area contributed by atoms with Gasteiger partial charge in [0.25, 0.3) is 0 Å². The molecule has 0 atom stereocenters. The van der Waals surface area contributed by atoms with Crippen molar-refractivity contribution in [1.29, 1.82) is 0 Å². The van der Waals surface area contributed by atoms with Gasteiger partial charge in [0.2, 0.25) is 5.91 Å². The summed E-state index contributed by atoms with van der Waals surface area (Å²) < 4.78 is 11.0. The van der Waals surface area contributed by atoms with Crippen molar-refractivity contribution in [2.75, 3.05) is 30.9 Å². The second-order valence-corrected chi connectivity index (χ2v) is 4.59. The normalized spacial score (nSPS) is 13.2. The van der Waals surface area contributed by atoms with Crippen LogP contribution in [-0.4, -0.2) is 25.7 Å². The van der Waals surface area contributed by atoms with Crippen molar-refractivity contribution in [3.05, 3.63) is 17.7 Å². The van der Waals surface area contributed by atoms with Crippen molar-refractivity contribution in [3.8, 4) is 5.75 Å². The lowest BCUT2D eigenvalue weighted by atomic mass is 10.1. The molecule has 19 heavy (non-hydrogen) atoms. The molecule has 0 aromatic heterocycles. The van der Waals surface area contributed by atoms with Crippen molar-refractivity contribution in [2.24, 2.45) is 0 Å². The van der Waals surface area contributed by atoms with E-state index in [1.54, 1.807) is 12.1 Å². The van der Waals surface area contributed by atoms with E-state index in [0.717, 1.165) is 30.7 Å². The lowest BCUT2D eigenvalue weighted by molar-refractivity contribution is -0.115. The van der Waals surface area contributed by atoms with E-state index in [-0.39, 0.29) is 5.91 Å². The van der Waals surface area contributed by atoms with Crippen LogP contribution in [0.25, 0.3) is 0 Å². The summed E-state index contributed by atoms with van der Waals surface area (Å²) in [6.07, 6.45) is 2.57. The summed E-state index contributed by atoms with van der Waals surface area (Å²) in [6.45, 7) is 3.89. The van der Waals surface area contributed by atoms with E-state index in [1.807, 2.05) is 0 Å². The molecule has 0 aliphatic carbocycles. The number of hydrogen-bond donors (Lipinski definition) is 2. The molecule has 0 saturated heterocycles. The van der Waals surface area contributed by atoms with Crippen LogP contribution < -0.4 is 15.8 Å². The number of carbonyl (C=O) groups is 1. The van der Waals surface area contributed by atoms with E-state index in [2.05, 4.69) is 12.2 Å². The molecule has 0 spiro atoms. The first kappa shape index (κ1) is 13.7. The Morgan fingerprint density at radius 2 is 2.16 bits per heavy atom. The van der Waals surface area contributed by atoms with Crippen LogP contribution in [0.2, 0.25) is 0 Å². The average Bonchev–Trinajstić information content (AvgIpc) is 2.72. The number of amides is 1. The van der Waals surface area contributed by atoms with Crippen LogP contribution in [0.3, 0.4) is 0 Å². The fourth-order valence-electron chi connectivity index (χ4n) is 1.96. The molecule has 1 aromatic rings. The van der Waals surface area contributed by atoms with E-state index in [1.165, 1.54) is 0 Å². The molecule has 1 aliphatic heterocycles. The Bertz CT molecular complexity index is 460. The van der Waals surface area contributed by atoms with Crippen LogP contribution in [0.5, 0.6) is 5.75 Å². The Hall–Kier alpha value is -1.75. The maximum atomic E-state index is 11.3. The second-order valence-electron chi connectivity index (χ2n) is 4.59. The number of ether oxygens (including phenoxy) is 2. The van der Waals surface area contributed by atoms with Gasteiger partial charge in [0, 0.05) is 18.4 Å². The third kappa shape index (κ3) is 3.61. The Morgan fingerprint density at radius 1 is 1.32 bits per heavy atom. The number of hydrogen-bond acceptors (Lipinski definition) is 4. The van der Waals surface area contributed by atoms with Gasteiger partial charge >= 0.3 is 0 Å². The number of nitrogens with one attached hydrogen (secondary N) is 1. The van der Waals surface area contributed by atoms with Crippen LogP contribution in [0.4, 0.5) is 11.4 Å². The Labute approximate surface area is 113 Å². The van der Waals surface area contributed by atoms with Crippen LogP contribution in [-0.2, 0) is 16.0 Å². The zero-order valence-corrected chi connectivity index (χ0v) is 11.2. The van der Waals surface area contributed by atoms with Crippen LogP contribution in [0.1, 0.15) is 25.3 Å². The van der Waals surface area contributed by atoms with E-state index in [9.17, 15) is 4.79 Å². The molecule has 0 radical (unpaired) electrons. The van der Waals surface area contributed by atoms with Gasteiger partial charge in [-0.25, -0.2) is 0 Å². The summed E-state index contributed by atoms with van der Waals surface area (Å²) in [7, 11) is 0. The first-order valence-corrected chi connectivity index (χ1v) is 6.63. The molecule has 1 aromatic carbocycles. The minimum absolute atomic E-state index is 0.00514. The highest BCUT2D eigenvalue weighted by molar-refractivity contribution is 6.00. The van der Waals surface area contributed by atoms with E-state index in [4.69, 9.17) is 15.2 Å². The Morgan fingerprint density at radius 3 is 2.95 bits per heavy atom. The van der Waals surface area contributed by atoms with Gasteiger partial charge in [0.15, 0.2) is 0 Å². The number of benzene rings is 1. The molecule has 5 heteroatoms. The molecule has 0 unspecified atom stereocenters. The fourth-order valence-corrected chi connectivity index (χ4v) is 1.96. The number of anilines is 2. The second kappa shape index (κ2) is 6.43. The van der Waals surface area contributed by atoms with Gasteiger partial charge in [0.05, 0.1) is 18.7 Å². The highest BCUT2D eigenvalue weighted by Gasteiger charge is 2.19. The molecule has 1 heterocycles. The number of nitrogens with two attached hydrogens (primary N) is 1. The minimum Gasteiger partial charge on any atom is -0.489 e. The lowest BCUT2D eigenvalue weighted by Gasteiger charge is -2.11. The topological polar surface area (TPSA) is 73.6 Å². The highest BCUT2D eigenvalue weighted by Crippen LogP contribution is 2.32. The molecule has 1 amide bonds. The summed E-state index contributed by atoms with van der Waals surface area (Å²) in [5.41, 5.74) is 8.17. The van der Waals surface area contributed by atoms with E-state index < -0.39 is 0 Å². The maximum absolute atomic E-state index is 11.3. The third-order valence-corrected chi connectivity index (χ3v) is 2.99. The molecule has 0 saturated carbocycles. The Kier molecular flexibility index (Phi) is 4.63. The van der Waals surface area contributed by atoms with Gasteiger partial charge in [-0.3, -0.25) is 4.79 Å². The third-order valence-electron chi connectivity index (χ3n) is 2.99. The van der Waals surface area contributed by atoms with Crippen molar-refractivity contribution >= 4 is 17.3 Å². The van der Waals surface area contributed by atoms with Gasteiger partial charge in [0.1, 0.15) is 12.4 Å². The highest BCUT2D eigenvalue weighted by atomic mass is 16.5. The number of unbranched alkanes of at least 4 members (excludes halogenated alkanes) is 1. The van der Waals surface area contributed by atoms with E-state index >= 15 is 0 Å². The SMILES string of the molecule is CCCCOCCOc1cc2c(cc1N)CC(=O)N2. The molecule has 3 N–H and O–H groups in total. The van der Waals surface area contributed by atoms with Gasteiger partial charge in [-0.1, -0.05) is 13.3 Å². The molecule has 0 bridgehead atoms. The fraction of sp³-hybridized carbons (Fsp3) is 0.500. The summed E-state index contributed by atoms with van der Waals surface area (Å²) in [4.78, 5) is 11.3. The molecule has 2 rings (SSSR count). The van der Waals surface area contributed by atoms with Gasteiger partial charge in [-0.15, -0.1) is 0 Å².